The summed E-state index contributed by atoms with van der Waals surface area (Å²) < 4.78 is 22.6. The first-order valence-electron chi connectivity index (χ1n) is 8.39. The minimum atomic E-state index is 0.241. The fourth-order valence-corrected chi connectivity index (χ4v) is 3.32. The zero-order valence-corrected chi connectivity index (χ0v) is 14.2. The first kappa shape index (κ1) is 14.9. The fourth-order valence-electron chi connectivity index (χ4n) is 3.32. The van der Waals surface area contributed by atoms with Crippen LogP contribution < -0.4 is 14.2 Å². The molecule has 0 bridgehead atoms. The minimum absolute atomic E-state index is 0.241. The van der Waals surface area contributed by atoms with Crippen molar-refractivity contribution in [2.75, 3.05) is 13.9 Å². The SMILES string of the molecule is COc1ccc(-c2c(-c3ccccc3)oc3cc4c(cc23)OCO4)cc1. The van der Waals surface area contributed by atoms with Crippen molar-refractivity contribution in [1.29, 1.82) is 0 Å². The number of hydrogen-bond donors (Lipinski definition) is 0. The molecule has 128 valence electrons. The van der Waals surface area contributed by atoms with E-state index in [1.54, 1.807) is 7.11 Å². The lowest BCUT2D eigenvalue weighted by Gasteiger charge is -2.06. The van der Waals surface area contributed by atoms with E-state index in [9.17, 15) is 0 Å². The lowest BCUT2D eigenvalue weighted by Crippen LogP contribution is -1.92. The Morgan fingerprint density at radius 2 is 1.54 bits per heavy atom. The van der Waals surface area contributed by atoms with Crippen LogP contribution in [0.4, 0.5) is 0 Å². The molecule has 0 saturated heterocycles. The summed E-state index contributed by atoms with van der Waals surface area (Å²) in [6, 6.07) is 22.0. The van der Waals surface area contributed by atoms with Crippen molar-refractivity contribution >= 4 is 11.0 Å². The predicted octanol–water partition coefficient (Wildman–Crippen LogP) is 5.50. The van der Waals surface area contributed by atoms with Crippen LogP contribution in [0.15, 0.2) is 71.1 Å². The minimum Gasteiger partial charge on any atom is -0.497 e. The fraction of sp³-hybridized carbons (Fsp3) is 0.0909. The van der Waals surface area contributed by atoms with E-state index in [0.29, 0.717) is 5.75 Å². The highest BCUT2D eigenvalue weighted by atomic mass is 16.7. The van der Waals surface area contributed by atoms with Crippen LogP contribution in [0.5, 0.6) is 17.2 Å². The molecule has 4 aromatic rings. The molecule has 0 spiro atoms. The van der Waals surface area contributed by atoms with Crippen LogP contribution in [0, 0.1) is 0 Å². The number of hydrogen-bond acceptors (Lipinski definition) is 4. The maximum atomic E-state index is 6.25. The Balaban J connectivity index is 1.79. The highest BCUT2D eigenvalue weighted by molar-refractivity contribution is 6.03. The summed E-state index contributed by atoms with van der Waals surface area (Å²) in [6.45, 7) is 0.241. The molecule has 0 radical (unpaired) electrons. The van der Waals surface area contributed by atoms with E-state index in [0.717, 1.165) is 44.9 Å². The van der Waals surface area contributed by atoms with Gasteiger partial charge in [0.05, 0.1) is 7.11 Å². The molecule has 3 aromatic carbocycles. The average Bonchev–Trinajstić information content (AvgIpc) is 3.30. The first-order valence-corrected chi connectivity index (χ1v) is 8.39. The predicted molar refractivity (Wildman–Crippen MR) is 99.8 cm³/mol. The molecule has 0 saturated carbocycles. The van der Waals surface area contributed by atoms with Crippen LogP contribution >= 0.6 is 0 Å². The number of benzene rings is 3. The van der Waals surface area contributed by atoms with Gasteiger partial charge in [0.1, 0.15) is 17.1 Å². The second kappa shape index (κ2) is 5.85. The van der Waals surface area contributed by atoms with Crippen LogP contribution in [-0.4, -0.2) is 13.9 Å². The number of ether oxygens (including phenoxy) is 3. The second-order valence-electron chi connectivity index (χ2n) is 6.10. The van der Waals surface area contributed by atoms with E-state index in [1.165, 1.54) is 0 Å². The second-order valence-corrected chi connectivity index (χ2v) is 6.10. The molecule has 5 rings (SSSR count). The molecule has 0 amide bonds. The zero-order valence-electron chi connectivity index (χ0n) is 14.2. The van der Waals surface area contributed by atoms with Crippen LogP contribution in [0.25, 0.3) is 33.4 Å². The molecular formula is C22H16O4. The van der Waals surface area contributed by atoms with Gasteiger partial charge in [-0.2, -0.15) is 0 Å². The van der Waals surface area contributed by atoms with E-state index in [2.05, 4.69) is 0 Å². The van der Waals surface area contributed by atoms with Gasteiger partial charge in [0.25, 0.3) is 0 Å². The third-order valence-corrected chi connectivity index (χ3v) is 4.60. The maximum absolute atomic E-state index is 6.25. The van der Waals surface area contributed by atoms with Crippen LogP contribution in [-0.2, 0) is 0 Å². The molecule has 0 fully saturated rings. The third-order valence-electron chi connectivity index (χ3n) is 4.60. The molecule has 26 heavy (non-hydrogen) atoms. The molecule has 0 unspecified atom stereocenters. The van der Waals surface area contributed by atoms with Gasteiger partial charge < -0.3 is 18.6 Å². The van der Waals surface area contributed by atoms with Crippen LogP contribution in [0.1, 0.15) is 0 Å². The summed E-state index contributed by atoms with van der Waals surface area (Å²) >= 11 is 0. The standard InChI is InChI=1S/C22H16O4/c1-23-16-9-7-14(8-10-16)21-17-11-19-20(25-13-24-19)12-18(17)26-22(21)15-5-3-2-4-6-15/h2-12H,13H2,1H3. The summed E-state index contributed by atoms with van der Waals surface area (Å²) in [7, 11) is 1.66. The van der Waals surface area contributed by atoms with Crippen LogP contribution in [0.2, 0.25) is 0 Å². The number of furan rings is 1. The first-order chi connectivity index (χ1) is 12.8. The number of methoxy groups -OCH3 is 1. The largest absolute Gasteiger partial charge is 0.497 e. The smallest absolute Gasteiger partial charge is 0.231 e. The van der Waals surface area contributed by atoms with Crippen LogP contribution in [0.3, 0.4) is 0 Å². The lowest BCUT2D eigenvalue weighted by molar-refractivity contribution is 0.174. The van der Waals surface area contributed by atoms with Crippen molar-refractivity contribution in [1.82, 2.24) is 0 Å². The average molecular weight is 344 g/mol. The van der Waals surface area contributed by atoms with Gasteiger partial charge in [0.2, 0.25) is 6.79 Å². The number of rotatable bonds is 3. The molecule has 4 nitrogen and oxygen atoms in total. The van der Waals surface area contributed by atoms with Gasteiger partial charge >= 0.3 is 0 Å². The quantitative estimate of drug-likeness (QED) is 0.492. The van der Waals surface area contributed by atoms with Gasteiger partial charge in [-0.25, -0.2) is 0 Å². The van der Waals surface area contributed by atoms with Crippen molar-refractivity contribution in [3.8, 4) is 39.7 Å². The van der Waals surface area contributed by atoms with Gasteiger partial charge in [0.15, 0.2) is 11.5 Å². The van der Waals surface area contributed by atoms with Crippen molar-refractivity contribution < 1.29 is 18.6 Å². The Morgan fingerprint density at radius 1 is 0.808 bits per heavy atom. The summed E-state index contributed by atoms with van der Waals surface area (Å²) in [5.41, 5.74) is 3.89. The molecule has 0 aliphatic carbocycles. The Kier molecular flexibility index (Phi) is 3.35. The third kappa shape index (κ3) is 2.30. The normalized spacial score (nSPS) is 12.5. The Hall–Kier alpha value is -3.40. The Bertz CT molecular complexity index is 1080. The molecule has 0 N–H and O–H groups in total. The molecule has 1 aliphatic rings. The molecule has 0 atom stereocenters. The summed E-state index contributed by atoms with van der Waals surface area (Å²) in [5, 5.41) is 0.998. The maximum Gasteiger partial charge on any atom is 0.231 e. The van der Waals surface area contributed by atoms with Gasteiger partial charge in [-0.3, -0.25) is 0 Å². The van der Waals surface area contributed by atoms with E-state index in [1.807, 2.05) is 66.7 Å². The van der Waals surface area contributed by atoms with Crippen molar-refractivity contribution in [3.63, 3.8) is 0 Å². The molecule has 1 aromatic heterocycles. The monoisotopic (exact) mass is 344 g/mol. The van der Waals surface area contributed by atoms with Crippen molar-refractivity contribution in [3.05, 3.63) is 66.7 Å². The molecular weight excluding hydrogens is 328 g/mol. The molecule has 1 aliphatic heterocycles. The van der Waals surface area contributed by atoms with E-state index < -0.39 is 0 Å². The lowest BCUT2D eigenvalue weighted by atomic mass is 9.98. The molecule has 2 heterocycles. The Morgan fingerprint density at radius 3 is 2.27 bits per heavy atom. The van der Waals surface area contributed by atoms with E-state index in [4.69, 9.17) is 18.6 Å². The van der Waals surface area contributed by atoms with Gasteiger partial charge in [-0.05, 0) is 23.8 Å². The highest BCUT2D eigenvalue weighted by Gasteiger charge is 2.22. The molecule has 4 heteroatoms. The topological polar surface area (TPSA) is 40.8 Å². The van der Waals surface area contributed by atoms with Crippen molar-refractivity contribution in [2.24, 2.45) is 0 Å². The van der Waals surface area contributed by atoms with Gasteiger partial charge in [-0.1, -0.05) is 42.5 Å². The number of fused-ring (bicyclic) bond motifs is 2. The van der Waals surface area contributed by atoms with Gasteiger partial charge in [-0.15, -0.1) is 0 Å². The van der Waals surface area contributed by atoms with E-state index in [-0.39, 0.29) is 6.79 Å². The van der Waals surface area contributed by atoms with Gasteiger partial charge in [0, 0.05) is 22.6 Å². The summed E-state index contributed by atoms with van der Waals surface area (Å²) in [6.07, 6.45) is 0. The highest BCUT2D eigenvalue weighted by Crippen LogP contribution is 2.45. The van der Waals surface area contributed by atoms with Crippen molar-refractivity contribution in [2.45, 2.75) is 0 Å². The summed E-state index contributed by atoms with van der Waals surface area (Å²) in [5.74, 6) is 3.11. The Labute approximate surface area is 150 Å². The summed E-state index contributed by atoms with van der Waals surface area (Å²) in [4.78, 5) is 0. The van der Waals surface area contributed by atoms with E-state index >= 15 is 0 Å². The zero-order chi connectivity index (χ0) is 17.5.